The fraction of sp³-hybridized carbons (Fsp3) is 0.667. The second-order valence-electron chi connectivity index (χ2n) is 6.66. The van der Waals surface area contributed by atoms with E-state index in [1.165, 1.54) is 0 Å². The summed E-state index contributed by atoms with van der Waals surface area (Å²) in [5, 5.41) is 21.4. The minimum absolute atomic E-state index is 0.00990. The van der Waals surface area contributed by atoms with Crippen LogP contribution in [-0.2, 0) is 14.3 Å². The van der Waals surface area contributed by atoms with Crippen LogP contribution in [0, 0.1) is 11.8 Å². The van der Waals surface area contributed by atoms with E-state index in [4.69, 9.17) is 9.47 Å². The Morgan fingerprint density at radius 3 is 2.90 bits per heavy atom. The summed E-state index contributed by atoms with van der Waals surface area (Å²) in [7, 11) is 0. The second kappa shape index (κ2) is 3.35. The molecule has 5 nitrogen and oxygen atoms in total. The first-order valence-corrected chi connectivity index (χ1v) is 6.96. The molecule has 3 fully saturated rings. The number of carbonyl (C=O) groups excluding carboxylic acids is 1. The molecule has 0 aromatic heterocycles. The Hall–Kier alpha value is -1.17. The van der Waals surface area contributed by atoms with Gasteiger partial charge in [0.15, 0.2) is 0 Å². The van der Waals surface area contributed by atoms with Gasteiger partial charge < -0.3 is 19.7 Å². The Morgan fingerprint density at radius 2 is 2.20 bits per heavy atom. The summed E-state index contributed by atoms with van der Waals surface area (Å²) in [4.78, 5) is 11.8. The Labute approximate surface area is 116 Å². The second-order valence-corrected chi connectivity index (χ2v) is 6.66. The van der Waals surface area contributed by atoms with E-state index in [2.05, 4.69) is 6.58 Å². The van der Waals surface area contributed by atoms with E-state index in [0.29, 0.717) is 6.42 Å². The largest absolute Gasteiger partial charge is 0.458 e. The molecule has 4 aliphatic rings. The number of rotatable bonds is 0. The number of ether oxygens (including phenoxy) is 2. The van der Waals surface area contributed by atoms with Crippen molar-refractivity contribution in [3.05, 3.63) is 23.8 Å². The summed E-state index contributed by atoms with van der Waals surface area (Å²) in [5.74, 6) is -1.35. The smallest absolute Gasteiger partial charge is 0.334 e. The quantitative estimate of drug-likeness (QED) is 0.289. The Morgan fingerprint density at radius 1 is 1.50 bits per heavy atom. The first kappa shape index (κ1) is 12.6. The van der Waals surface area contributed by atoms with Crippen molar-refractivity contribution >= 4 is 5.97 Å². The van der Waals surface area contributed by atoms with E-state index in [0.717, 1.165) is 5.57 Å². The lowest BCUT2D eigenvalue weighted by Gasteiger charge is -2.37. The first-order valence-electron chi connectivity index (χ1n) is 6.96. The Kier molecular flexibility index (Phi) is 2.10. The van der Waals surface area contributed by atoms with Gasteiger partial charge in [-0.2, -0.15) is 0 Å². The predicted octanol–water partition coefficient (Wildman–Crippen LogP) is 0.313. The highest BCUT2D eigenvalue weighted by Crippen LogP contribution is 2.64. The molecule has 20 heavy (non-hydrogen) atoms. The van der Waals surface area contributed by atoms with Crippen molar-refractivity contribution in [2.75, 3.05) is 0 Å². The molecule has 0 spiro atoms. The summed E-state index contributed by atoms with van der Waals surface area (Å²) < 4.78 is 11.1. The van der Waals surface area contributed by atoms with Crippen LogP contribution >= 0.6 is 0 Å². The van der Waals surface area contributed by atoms with Crippen molar-refractivity contribution in [3.8, 4) is 0 Å². The molecule has 2 heterocycles. The van der Waals surface area contributed by atoms with Gasteiger partial charge in [0.05, 0.1) is 29.6 Å². The van der Waals surface area contributed by atoms with Gasteiger partial charge in [0.2, 0.25) is 0 Å². The molecule has 108 valence electrons. The van der Waals surface area contributed by atoms with Crippen molar-refractivity contribution in [1.82, 2.24) is 0 Å². The van der Waals surface area contributed by atoms with Crippen molar-refractivity contribution in [3.63, 3.8) is 0 Å². The van der Waals surface area contributed by atoms with Crippen LogP contribution in [-0.4, -0.2) is 45.7 Å². The van der Waals surface area contributed by atoms with Gasteiger partial charge in [0.1, 0.15) is 11.7 Å². The molecule has 2 aliphatic carbocycles. The van der Waals surface area contributed by atoms with Crippen molar-refractivity contribution < 1.29 is 24.5 Å². The molecule has 0 bridgehead atoms. The molecule has 0 aromatic rings. The standard InChI is InChI=1S/C15H18O5/c1-6-4-8(16)10-7(2)13(17)19-11(10)12-14(3)9(20-14)5-15(6,12)18/h4,8-12,16,18H,2,5H2,1,3H3/t8-,9+,10+,11-,12-,14+,15+/m0/s1. The number of aliphatic hydroxyl groups excluding tert-OH is 1. The van der Waals surface area contributed by atoms with E-state index in [1.54, 1.807) is 6.08 Å². The zero-order chi connectivity index (χ0) is 14.4. The summed E-state index contributed by atoms with van der Waals surface area (Å²) in [6.45, 7) is 7.51. The molecule has 0 aromatic carbocycles. The van der Waals surface area contributed by atoms with Gasteiger partial charge in [-0.15, -0.1) is 0 Å². The average molecular weight is 278 g/mol. The van der Waals surface area contributed by atoms with E-state index in [-0.39, 0.29) is 17.6 Å². The maximum absolute atomic E-state index is 11.8. The molecule has 0 unspecified atom stereocenters. The van der Waals surface area contributed by atoms with Crippen LogP contribution in [0.4, 0.5) is 0 Å². The third-order valence-corrected chi connectivity index (χ3v) is 5.67. The predicted molar refractivity (Wildman–Crippen MR) is 68.6 cm³/mol. The van der Waals surface area contributed by atoms with Gasteiger partial charge in [-0.05, 0) is 19.4 Å². The van der Waals surface area contributed by atoms with Crippen molar-refractivity contribution in [2.45, 2.75) is 49.8 Å². The molecular weight excluding hydrogens is 260 g/mol. The highest BCUT2D eigenvalue weighted by molar-refractivity contribution is 5.91. The number of hydrogen-bond donors (Lipinski definition) is 2. The summed E-state index contributed by atoms with van der Waals surface area (Å²) in [5.41, 5.74) is -0.557. The SMILES string of the molecule is C=C1C(=O)O[C@H]2[C@H]1[C@@H](O)C=C(C)[C@]1(O)C[C@H]3O[C@@]3(C)[C@H]21. The normalized spacial score (nSPS) is 56.4. The van der Waals surface area contributed by atoms with Gasteiger partial charge in [-0.3, -0.25) is 0 Å². The van der Waals surface area contributed by atoms with Crippen molar-refractivity contribution in [2.24, 2.45) is 11.8 Å². The van der Waals surface area contributed by atoms with Gasteiger partial charge in [-0.1, -0.05) is 12.7 Å². The number of carbonyl (C=O) groups is 1. The van der Waals surface area contributed by atoms with E-state index >= 15 is 0 Å². The van der Waals surface area contributed by atoms with Gasteiger partial charge in [0, 0.05) is 12.0 Å². The van der Waals surface area contributed by atoms with Crippen LogP contribution in [0.15, 0.2) is 23.8 Å². The molecule has 2 N–H and O–H groups in total. The molecule has 2 aliphatic heterocycles. The maximum Gasteiger partial charge on any atom is 0.334 e. The lowest BCUT2D eigenvalue weighted by atomic mass is 9.74. The lowest BCUT2D eigenvalue weighted by molar-refractivity contribution is -0.149. The third-order valence-electron chi connectivity index (χ3n) is 5.67. The summed E-state index contributed by atoms with van der Waals surface area (Å²) in [6.07, 6.45) is 0.662. The Bertz CT molecular complexity index is 567. The fourth-order valence-electron chi connectivity index (χ4n) is 4.47. The minimum Gasteiger partial charge on any atom is -0.458 e. The molecule has 2 saturated heterocycles. The zero-order valence-corrected chi connectivity index (χ0v) is 11.5. The molecule has 5 heteroatoms. The van der Waals surface area contributed by atoms with E-state index in [1.807, 2.05) is 13.8 Å². The summed E-state index contributed by atoms with van der Waals surface area (Å²) in [6, 6.07) is 0. The molecular formula is C15H18O5. The van der Waals surface area contributed by atoms with E-state index < -0.39 is 35.3 Å². The van der Waals surface area contributed by atoms with Gasteiger partial charge >= 0.3 is 5.97 Å². The van der Waals surface area contributed by atoms with Crippen LogP contribution in [0.2, 0.25) is 0 Å². The van der Waals surface area contributed by atoms with Crippen LogP contribution in [0.5, 0.6) is 0 Å². The third kappa shape index (κ3) is 1.22. The van der Waals surface area contributed by atoms with Crippen LogP contribution in [0.1, 0.15) is 20.3 Å². The molecule has 4 rings (SSSR count). The molecule has 1 saturated carbocycles. The average Bonchev–Trinajstić information content (AvgIpc) is 2.80. The number of epoxide rings is 1. The fourth-order valence-corrected chi connectivity index (χ4v) is 4.47. The topological polar surface area (TPSA) is 79.3 Å². The van der Waals surface area contributed by atoms with E-state index in [9.17, 15) is 15.0 Å². The number of esters is 1. The maximum atomic E-state index is 11.8. The highest BCUT2D eigenvalue weighted by atomic mass is 16.6. The van der Waals surface area contributed by atoms with Crippen LogP contribution < -0.4 is 0 Å². The molecule has 0 radical (unpaired) electrons. The van der Waals surface area contributed by atoms with Crippen LogP contribution in [0.25, 0.3) is 0 Å². The highest BCUT2D eigenvalue weighted by Gasteiger charge is 2.76. The molecule has 7 atom stereocenters. The zero-order valence-electron chi connectivity index (χ0n) is 11.5. The monoisotopic (exact) mass is 278 g/mol. The number of aliphatic hydroxyl groups is 2. The summed E-state index contributed by atoms with van der Waals surface area (Å²) >= 11 is 0. The van der Waals surface area contributed by atoms with Crippen LogP contribution in [0.3, 0.4) is 0 Å². The first-order chi connectivity index (χ1) is 9.29. The van der Waals surface area contributed by atoms with Crippen molar-refractivity contribution in [1.29, 1.82) is 0 Å². The lowest BCUT2D eigenvalue weighted by Crippen LogP contribution is -2.49. The Balaban J connectivity index is 1.88. The number of fused-ring (bicyclic) bond motifs is 5. The van der Waals surface area contributed by atoms with Gasteiger partial charge in [-0.25, -0.2) is 4.79 Å². The van der Waals surface area contributed by atoms with Gasteiger partial charge in [0.25, 0.3) is 0 Å². The number of hydrogen-bond acceptors (Lipinski definition) is 5. The minimum atomic E-state index is -1.08. The molecule has 0 amide bonds.